The first-order valence-electron chi connectivity index (χ1n) is 11.6. The van der Waals surface area contributed by atoms with E-state index < -0.39 is 12.2 Å². The Kier molecular flexibility index (Phi) is 10.6. The fraction of sp³-hybridized carbons (Fsp3) is 0.556. The Labute approximate surface area is 198 Å². The molecule has 0 fully saturated rings. The smallest absolute Gasteiger partial charge is 0.119 e. The predicted octanol–water partition coefficient (Wildman–Crippen LogP) is 4.34. The number of hydrogen-bond acceptors (Lipinski definition) is 6. The third-order valence-corrected chi connectivity index (χ3v) is 5.37. The molecule has 0 aliphatic rings. The predicted molar refractivity (Wildman–Crippen MR) is 130 cm³/mol. The van der Waals surface area contributed by atoms with E-state index in [0.29, 0.717) is 26.4 Å². The lowest BCUT2D eigenvalue weighted by Gasteiger charge is -2.26. The number of benzene rings is 2. The third kappa shape index (κ3) is 9.33. The highest BCUT2D eigenvalue weighted by molar-refractivity contribution is 5.41. The molecule has 4 atom stereocenters. The highest BCUT2D eigenvalue weighted by Gasteiger charge is 2.23. The topological polar surface area (TPSA) is 77.4 Å². The first kappa shape index (κ1) is 27.1. The van der Waals surface area contributed by atoms with Gasteiger partial charge in [-0.1, -0.05) is 38.1 Å². The zero-order chi connectivity index (χ0) is 24.4. The monoisotopic (exact) mass is 460 g/mol. The molecule has 2 N–H and O–H groups in total. The molecule has 0 amide bonds. The zero-order valence-electron chi connectivity index (χ0n) is 20.8. The van der Waals surface area contributed by atoms with Crippen molar-refractivity contribution in [1.29, 1.82) is 0 Å². The molecule has 0 saturated carbocycles. The largest absolute Gasteiger partial charge is 0.491 e. The normalized spacial score (nSPS) is 15.5. The van der Waals surface area contributed by atoms with Gasteiger partial charge in [-0.05, 0) is 63.1 Å². The van der Waals surface area contributed by atoms with E-state index in [4.69, 9.17) is 18.9 Å². The average Bonchev–Trinajstić information content (AvgIpc) is 2.79. The van der Waals surface area contributed by atoms with Crippen molar-refractivity contribution in [2.45, 2.75) is 71.4 Å². The van der Waals surface area contributed by atoms with Crippen molar-refractivity contribution in [1.82, 2.24) is 0 Å². The molecule has 4 unspecified atom stereocenters. The van der Waals surface area contributed by atoms with Crippen LogP contribution in [0.4, 0.5) is 0 Å². The number of aliphatic hydroxyl groups excluding tert-OH is 2. The minimum atomic E-state index is -0.479. The Bertz CT molecular complexity index is 731. The standard InChI is InChI=1S/C27H40O6/c1-19(28)15-30-21(3)17-32-25-11-7-23(8-12-25)27(5,6)24-9-13-26(14-10-24)33-18-22(4)31-16-20(2)29/h7-14,19-22,28-29H,15-18H2,1-6H3. The molecule has 6 heteroatoms. The van der Waals surface area contributed by atoms with Crippen molar-refractivity contribution in [2.75, 3.05) is 26.4 Å². The number of aliphatic hydroxyl groups is 2. The molecule has 184 valence electrons. The van der Waals surface area contributed by atoms with Crippen LogP contribution in [-0.4, -0.2) is 61.1 Å². The maximum atomic E-state index is 9.30. The molecule has 0 aliphatic carbocycles. The Hall–Kier alpha value is -2.12. The van der Waals surface area contributed by atoms with Crippen LogP contribution >= 0.6 is 0 Å². The Morgan fingerprint density at radius 2 is 0.939 bits per heavy atom. The summed E-state index contributed by atoms with van der Waals surface area (Å²) in [6.07, 6.45) is -1.14. The lowest BCUT2D eigenvalue weighted by Crippen LogP contribution is -2.23. The van der Waals surface area contributed by atoms with E-state index in [1.807, 2.05) is 38.1 Å². The maximum Gasteiger partial charge on any atom is 0.119 e. The van der Waals surface area contributed by atoms with Gasteiger partial charge >= 0.3 is 0 Å². The van der Waals surface area contributed by atoms with Gasteiger partial charge in [-0.25, -0.2) is 0 Å². The van der Waals surface area contributed by atoms with Crippen LogP contribution < -0.4 is 9.47 Å². The van der Waals surface area contributed by atoms with E-state index in [2.05, 4.69) is 38.1 Å². The molecule has 2 aromatic carbocycles. The molecule has 2 rings (SSSR count). The van der Waals surface area contributed by atoms with Crippen LogP contribution in [-0.2, 0) is 14.9 Å². The van der Waals surface area contributed by atoms with Crippen LogP contribution in [0.15, 0.2) is 48.5 Å². The van der Waals surface area contributed by atoms with Crippen LogP contribution in [0, 0.1) is 0 Å². The molecule has 0 aromatic heterocycles. The van der Waals surface area contributed by atoms with Crippen LogP contribution in [0.25, 0.3) is 0 Å². The molecule has 6 nitrogen and oxygen atoms in total. The summed E-state index contributed by atoms with van der Waals surface area (Å²) >= 11 is 0. The first-order chi connectivity index (χ1) is 15.6. The van der Waals surface area contributed by atoms with Gasteiger partial charge in [-0.3, -0.25) is 0 Å². The van der Waals surface area contributed by atoms with Gasteiger partial charge in [0, 0.05) is 5.41 Å². The van der Waals surface area contributed by atoms with Crippen LogP contribution in [0.3, 0.4) is 0 Å². The van der Waals surface area contributed by atoms with E-state index in [-0.39, 0.29) is 17.6 Å². The number of hydrogen-bond donors (Lipinski definition) is 2. The maximum absolute atomic E-state index is 9.30. The second-order valence-corrected chi connectivity index (χ2v) is 9.28. The lowest BCUT2D eigenvalue weighted by atomic mass is 9.78. The molecule has 2 aromatic rings. The average molecular weight is 461 g/mol. The van der Waals surface area contributed by atoms with E-state index in [0.717, 1.165) is 11.5 Å². The van der Waals surface area contributed by atoms with Gasteiger partial charge in [0.1, 0.15) is 24.7 Å². The number of rotatable bonds is 14. The second-order valence-electron chi connectivity index (χ2n) is 9.28. The van der Waals surface area contributed by atoms with Crippen molar-refractivity contribution in [2.24, 2.45) is 0 Å². The van der Waals surface area contributed by atoms with Gasteiger partial charge in [-0.2, -0.15) is 0 Å². The van der Waals surface area contributed by atoms with Crippen molar-refractivity contribution in [3.05, 3.63) is 59.7 Å². The minimum absolute atomic E-state index is 0.0933. The quantitative estimate of drug-likeness (QED) is 0.437. The summed E-state index contributed by atoms with van der Waals surface area (Å²) in [6, 6.07) is 16.2. The molecule has 0 saturated heterocycles. The molecular formula is C27H40O6. The van der Waals surface area contributed by atoms with Gasteiger partial charge < -0.3 is 29.2 Å². The van der Waals surface area contributed by atoms with Crippen molar-refractivity contribution < 1.29 is 29.2 Å². The van der Waals surface area contributed by atoms with Crippen molar-refractivity contribution in [3.63, 3.8) is 0 Å². The second kappa shape index (κ2) is 12.9. The zero-order valence-corrected chi connectivity index (χ0v) is 20.8. The van der Waals surface area contributed by atoms with Gasteiger partial charge in [0.05, 0.1) is 37.6 Å². The van der Waals surface area contributed by atoms with E-state index in [1.165, 1.54) is 11.1 Å². The molecule has 0 radical (unpaired) electrons. The number of ether oxygens (including phenoxy) is 4. The van der Waals surface area contributed by atoms with Crippen molar-refractivity contribution >= 4 is 0 Å². The molecular weight excluding hydrogens is 420 g/mol. The Morgan fingerprint density at radius 1 is 0.606 bits per heavy atom. The molecule has 33 heavy (non-hydrogen) atoms. The fourth-order valence-electron chi connectivity index (χ4n) is 3.23. The minimum Gasteiger partial charge on any atom is -0.491 e. The summed E-state index contributed by atoms with van der Waals surface area (Å²) in [6.45, 7) is 13.1. The summed E-state index contributed by atoms with van der Waals surface area (Å²) in [7, 11) is 0. The van der Waals surface area contributed by atoms with Gasteiger partial charge in [-0.15, -0.1) is 0 Å². The molecule has 0 aliphatic heterocycles. The molecule has 0 bridgehead atoms. The van der Waals surface area contributed by atoms with E-state index in [9.17, 15) is 10.2 Å². The van der Waals surface area contributed by atoms with E-state index >= 15 is 0 Å². The summed E-state index contributed by atoms with van der Waals surface area (Å²) in [5.41, 5.74) is 2.18. The Morgan fingerprint density at radius 3 is 1.24 bits per heavy atom. The summed E-state index contributed by atoms with van der Waals surface area (Å²) in [4.78, 5) is 0. The highest BCUT2D eigenvalue weighted by Crippen LogP contribution is 2.33. The third-order valence-electron chi connectivity index (χ3n) is 5.37. The first-order valence-corrected chi connectivity index (χ1v) is 11.6. The summed E-state index contributed by atoms with van der Waals surface area (Å²) in [5, 5.41) is 18.6. The van der Waals surface area contributed by atoms with E-state index in [1.54, 1.807) is 13.8 Å². The molecule has 0 spiro atoms. The SMILES string of the molecule is CC(O)COC(C)COc1ccc(C(C)(C)c2ccc(OCC(C)OCC(C)O)cc2)cc1. The van der Waals surface area contributed by atoms with Crippen LogP contribution in [0.5, 0.6) is 11.5 Å². The highest BCUT2D eigenvalue weighted by atomic mass is 16.5. The van der Waals surface area contributed by atoms with Gasteiger partial charge in [0.25, 0.3) is 0 Å². The fourth-order valence-corrected chi connectivity index (χ4v) is 3.23. The summed E-state index contributed by atoms with van der Waals surface area (Å²) in [5.74, 6) is 1.58. The molecule has 0 heterocycles. The Balaban J connectivity index is 1.90. The van der Waals surface area contributed by atoms with Crippen molar-refractivity contribution in [3.8, 4) is 11.5 Å². The lowest BCUT2D eigenvalue weighted by molar-refractivity contribution is -0.0132. The van der Waals surface area contributed by atoms with Crippen LogP contribution in [0.1, 0.15) is 52.7 Å². The van der Waals surface area contributed by atoms with Gasteiger partial charge in [0.15, 0.2) is 0 Å². The van der Waals surface area contributed by atoms with Crippen LogP contribution in [0.2, 0.25) is 0 Å². The summed E-state index contributed by atoms with van der Waals surface area (Å²) < 4.78 is 22.7. The van der Waals surface area contributed by atoms with Gasteiger partial charge in [0.2, 0.25) is 0 Å².